The van der Waals surface area contributed by atoms with Crippen LogP contribution in [0.5, 0.6) is 0 Å². The molecule has 2 aromatic carbocycles. The summed E-state index contributed by atoms with van der Waals surface area (Å²) in [6, 6.07) is 16.7. The summed E-state index contributed by atoms with van der Waals surface area (Å²) in [5, 5.41) is 4.34. The molecule has 0 aliphatic carbocycles. The molecule has 0 saturated heterocycles. The zero-order valence-electron chi connectivity index (χ0n) is 15.8. The van der Waals surface area contributed by atoms with E-state index < -0.39 is 0 Å². The first-order valence-electron chi connectivity index (χ1n) is 8.77. The summed E-state index contributed by atoms with van der Waals surface area (Å²) >= 11 is 0. The van der Waals surface area contributed by atoms with Crippen molar-refractivity contribution in [3.63, 3.8) is 0 Å². The molecule has 0 fully saturated rings. The van der Waals surface area contributed by atoms with Gasteiger partial charge in [0.25, 0.3) is 0 Å². The molecule has 0 saturated carbocycles. The normalized spacial score (nSPS) is 10.8. The maximum Gasteiger partial charge on any atom is 0.337 e. The van der Waals surface area contributed by atoms with Gasteiger partial charge < -0.3 is 9.64 Å². The summed E-state index contributed by atoms with van der Waals surface area (Å²) in [7, 11) is 3.08. The third-order valence-corrected chi connectivity index (χ3v) is 4.20. The third-order valence-electron chi connectivity index (χ3n) is 4.20. The Morgan fingerprint density at radius 3 is 2.50 bits per heavy atom. The van der Waals surface area contributed by atoms with Crippen LogP contribution in [0.3, 0.4) is 0 Å². The van der Waals surface area contributed by atoms with Crippen molar-refractivity contribution in [1.82, 2.24) is 14.7 Å². The van der Waals surface area contributed by atoms with Crippen molar-refractivity contribution in [3.05, 3.63) is 89.8 Å². The number of aromatic nitrogens is 2. The van der Waals surface area contributed by atoms with Gasteiger partial charge >= 0.3 is 5.97 Å². The zero-order valence-corrected chi connectivity index (χ0v) is 15.8. The van der Waals surface area contributed by atoms with Gasteiger partial charge in [0.1, 0.15) is 0 Å². The van der Waals surface area contributed by atoms with Gasteiger partial charge in [-0.25, -0.2) is 9.48 Å². The van der Waals surface area contributed by atoms with Gasteiger partial charge in [-0.2, -0.15) is 5.10 Å². The lowest BCUT2D eigenvalue weighted by atomic mass is 10.1. The molecule has 1 heterocycles. The molecule has 0 spiro atoms. The van der Waals surface area contributed by atoms with E-state index in [2.05, 4.69) is 9.84 Å². The second-order valence-electron chi connectivity index (χ2n) is 6.27. The quantitative estimate of drug-likeness (QED) is 0.490. The number of para-hydroxylation sites is 1. The van der Waals surface area contributed by atoms with E-state index in [4.69, 9.17) is 0 Å². The lowest BCUT2D eigenvalue weighted by Gasteiger charge is -2.13. The van der Waals surface area contributed by atoms with Crippen LogP contribution in [-0.2, 0) is 16.1 Å². The number of ether oxygens (including phenoxy) is 1. The lowest BCUT2D eigenvalue weighted by Crippen LogP contribution is -2.23. The fourth-order valence-corrected chi connectivity index (χ4v) is 2.66. The maximum absolute atomic E-state index is 12.4. The van der Waals surface area contributed by atoms with Crippen LogP contribution in [0.2, 0.25) is 0 Å². The number of methoxy groups -OCH3 is 1. The molecule has 0 atom stereocenters. The smallest absolute Gasteiger partial charge is 0.337 e. The van der Waals surface area contributed by atoms with Crippen LogP contribution in [0.4, 0.5) is 0 Å². The Hall–Kier alpha value is -3.67. The van der Waals surface area contributed by atoms with E-state index in [-0.39, 0.29) is 11.9 Å². The van der Waals surface area contributed by atoms with Gasteiger partial charge in [-0.1, -0.05) is 30.3 Å². The van der Waals surface area contributed by atoms with Crippen molar-refractivity contribution in [2.75, 3.05) is 14.2 Å². The Labute approximate surface area is 163 Å². The standard InChI is InChI=1S/C22H21N3O3/c1-24(15-18-14-23-25(16-18)20-6-4-3-5-7-20)21(26)13-10-17-8-11-19(12-9-17)22(27)28-2/h3-14,16H,15H2,1-2H3/b13-10+. The van der Waals surface area contributed by atoms with E-state index in [0.29, 0.717) is 12.1 Å². The Morgan fingerprint density at radius 2 is 1.82 bits per heavy atom. The molecule has 0 N–H and O–H groups in total. The summed E-state index contributed by atoms with van der Waals surface area (Å²) in [6.45, 7) is 0.456. The first kappa shape index (κ1) is 19.1. The number of nitrogens with zero attached hydrogens (tertiary/aromatic N) is 3. The summed E-state index contributed by atoms with van der Waals surface area (Å²) < 4.78 is 6.45. The van der Waals surface area contributed by atoms with E-state index in [1.54, 1.807) is 53.2 Å². The Kier molecular flexibility index (Phi) is 6.01. The van der Waals surface area contributed by atoms with E-state index in [9.17, 15) is 9.59 Å². The molecule has 3 aromatic rings. The summed E-state index contributed by atoms with van der Waals surface area (Å²) in [5.41, 5.74) is 3.21. The SMILES string of the molecule is COC(=O)c1ccc(/C=C/C(=O)N(C)Cc2cnn(-c3ccccc3)c2)cc1. The summed E-state index contributed by atoms with van der Waals surface area (Å²) in [6.07, 6.45) is 6.89. The molecule has 6 nitrogen and oxygen atoms in total. The Bertz CT molecular complexity index is 976. The van der Waals surface area contributed by atoms with Crippen molar-refractivity contribution in [2.45, 2.75) is 6.54 Å². The van der Waals surface area contributed by atoms with Crippen LogP contribution in [0.25, 0.3) is 11.8 Å². The number of esters is 1. The Morgan fingerprint density at radius 1 is 1.11 bits per heavy atom. The van der Waals surface area contributed by atoms with Gasteiger partial charge in [0.05, 0.1) is 24.6 Å². The highest BCUT2D eigenvalue weighted by molar-refractivity contribution is 5.92. The maximum atomic E-state index is 12.4. The van der Waals surface area contributed by atoms with Crippen molar-refractivity contribution in [2.24, 2.45) is 0 Å². The minimum absolute atomic E-state index is 0.121. The lowest BCUT2D eigenvalue weighted by molar-refractivity contribution is -0.125. The van der Waals surface area contributed by atoms with Crippen LogP contribution >= 0.6 is 0 Å². The average Bonchev–Trinajstić information content (AvgIpc) is 3.21. The van der Waals surface area contributed by atoms with Gasteiger partial charge in [-0.05, 0) is 35.9 Å². The molecule has 0 aliphatic heterocycles. The summed E-state index contributed by atoms with van der Waals surface area (Å²) in [4.78, 5) is 25.4. The first-order valence-corrected chi connectivity index (χ1v) is 8.77. The van der Waals surface area contributed by atoms with Crippen molar-refractivity contribution in [3.8, 4) is 5.69 Å². The molecule has 6 heteroatoms. The predicted octanol–water partition coefficient (Wildman–Crippen LogP) is 3.33. The number of carbonyl (C=O) groups excluding carboxylic acids is 2. The second kappa shape index (κ2) is 8.81. The third kappa shape index (κ3) is 4.73. The highest BCUT2D eigenvalue weighted by Gasteiger charge is 2.09. The molecule has 0 radical (unpaired) electrons. The topological polar surface area (TPSA) is 64.4 Å². The van der Waals surface area contributed by atoms with Crippen LogP contribution < -0.4 is 0 Å². The molecule has 1 amide bonds. The van der Waals surface area contributed by atoms with E-state index in [0.717, 1.165) is 16.8 Å². The van der Waals surface area contributed by atoms with Crippen molar-refractivity contribution < 1.29 is 14.3 Å². The van der Waals surface area contributed by atoms with Gasteiger partial charge in [0.2, 0.25) is 5.91 Å². The van der Waals surface area contributed by atoms with Crippen LogP contribution in [0.15, 0.2) is 73.1 Å². The number of carbonyl (C=O) groups is 2. The number of likely N-dealkylation sites (N-methyl/N-ethyl adjacent to an activating group) is 1. The first-order chi connectivity index (χ1) is 13.6. The highest BCUT2D eigenvalue weighted by atomic mass is 16.5. The molecule has 0 bridgehead atoms. The molecular weight excluding hydrogens is 354 g/mol. The average molecular weight is 375 g/mol. The minimum atomic E-state index is -0.387. The molecule has 0 aliphatic rings. The highest BCUT2D eigenvalue weighted by Crippen LogP contribution is 2.11. The van der Waals surface area contributed by atoms with Crippen LogP contribution in [-0.4, -0.2) is 40.7 Å². The number of hydrogen-bond acceptors (Lipinski definition) is 4. The fraction of sp³-hybridized carbons (Fsp3) is 0.136. The van der Waals surface area contributed by atoms with Crippen LogP contribution in [0.1, 0.15) is 21.5 Å². The monoisotopic (exact) mass is 375 g/mol. The van der Waals surface area contributed by atoms with Gasteiger partial charge in [0.15, 0.2) is 0 Å². The van der Waals surface area contributed by atoms with Crippen molar-refractivity contribution >= 4 is 18.0 Å². The predicted molar refractivity (Wildman–Crippen MR) is 107 cm³/mol. The van der Waals surface area contributed by atoms with Gasteiger partial charge in [-0.15, -0.1) is 0 Å². The second-order valence-corrected chi connectivity index (χ2v) is 6.27. The Balaban J connectivity index is 1.59. The van der Waals surface area contributed by atoms with Gasteiger partial charge in [-0.3, -0.25) is 4.79 Å². The summed E-state index contributed by atoms with van der Waals surface area (Å²) in [5.74, 6) is -0.508. The van der Waals surface area contributed by atoms with Gasteiger partial charge in [0, 0.05) is 31.4 Å². The molecule has 3 rings (SSSR count). The number of benzene rings is 2. The van der Waals surface area contributed by atoms with E-state index in [1.165, 1.54) is 13.2 Å². The van der Waals surface area contributed by atoms with E-state index in [1.807, 2.05) is 36.5 Å². The van der Waals surface area contributed by atoms with Crippen LogP contribution in [0, 0.1) is 0 Å². The number of rotatable bonds is 6. The molecule has 28 heavy (non-hydrogen) atoms. The molecule has 1 aromatic heterocycles. The van der Waals surface area contributed by atoms with Crippen molar-refractivity contribution in [1.29, 1.82) is 0 Å². The molecule has 0 unspecified atom stereocenters. The minimum Gasteiger partial charge on any atom is -0.465 e. The fourth-order valence-electron chi connectivity index (χ4n) is 2.66. The number of hydrogen-bond donors (Lipinski definition) is 0. The largest absolute Gasteiger partial charge is 0.465 e. The van der Waals surface area contributed by atoms with E-state index >= 15 is 0 Å². The molecular formula is C22H21N3O3. The zero-order chi connectivity index (χ0) is 19.9. The number of amides is 1. The molecule has 142 valence electrons.